The fourth-order valence-corrected chi connectivity index (χ4v) is 4.14. The lowest BCUT2D eigenvalue weighted by atomic mass is 9.68. The predicted molar refractivity (Wildman–Crippen MR) is 65.7 cm³/mol. The summed E-state index contributed by atoms with van der Waals surface area (Å²) in [6.45, 7) is 8.97. The summed E-state index contributed by atoms with van der Waals surface area (Å²) < 4.78 is 5.20. The zero-order valence-corrected chi connectivity index (χ0v) is 11.1. The Hall–Kier alpha value is -1.06. The first kappa shape index (κ1) is 11.1. The highest BCUT2D eigenvalue weighted by Gasteiger charge is 2.59. The van der Waals surface area contributed by atoms with Crippen molar-refractivity contribution >= 4 is 6.01 Å². The largest absolute Gasteiger partial charge is 0.334 e. The molecule has 3 unspecified atom stereocenters. The molecule has 2 saturated carbocycles. The Morgan fingerprint density at radius 1 is 1.35 bits per heavy atom. The first-order valence-electron chi connectivity index (χ1n) is 6.49. The van der Waals surface area contributed by atoms with Gasteiger partial charge in [0.25, 0.3) is 0 Å². The Morgan fingerprint density at radius 3 is 2.65 bits per heavy atom. The van der Waals surface area contributed by atoms with Crippen molar-refractivity contribution in [3.8, 4) is 0 Å². The van der Waals surface area contributed by atoms with Crippen LogP contribution in [0, 0.1) is 23.7 Å². The number of rotatable bonds is 2. The van der Waals surface area contributed by atoms with Crippen LogP contribution in [0.2, 0.25) is 0 Å². The lowest BCUT2D eigenvalue weighted by molar-refractivity contribution is 0.152. The zero-order valence-electron chi connectivity index (χ0n) is 11.1. The number of anilines is 1. The lowest BCUT2D eigenvalue weighted by Crippen LogP contribution is -2.45. The number of aromatic nitrogens is 2. The molecule has 2 fully saturated rings. The third-order valence-corrected chi connectivity index (χ3v) is 5.07. The first-order valence-corrected chi connectivity index (χ1v) is 6.49. The van der Waals surface area contributed by atoms with Gasteiger partial charge in [0.1, 0.15) is 0 Å². The smallest absolute Gasteiger partial charge is 0.321 e. The maximum absolute atomic E-state index is 5.20. The third-order valence-electron chi connectivity index (χ3n) is 5.07. The van der Waals surface area contributed by atoms with Gasteiger partial charge in [0.2, 0.25) is 0 Å². The second kappa shape index (κ2) is 3.24. The number of nitrogens with zero attached hydrogens (tertiary/aromatic N) is 2. The summed E-state index contributed by atoms with van der Waals surface area (Å²) in [5.74, 6) is 1.52. The van der Waals surface area contributed by atoms with Crippen LogP contribution in [-0.4, -0.2) is 16.2 Å². The van der Waals surface area contributed by atoms with E-state index < -0.39 is 0 Å². The van der Waals surface area contributed by atoms with Crippen LogP contribution in [0.4, 0.5) is 6.01 Å². The van der Waals surface area contributed by atoms with E-state index in [1.165, 1.54) is 19.3 Å². The summed E-state index contributed by atoms with van der Waals surface area (Å²) in [6, 6.07) is 1.02. The van der Waals surface area contributed by atoms with Gasteiger partial charge in [-0.1, -0.05) is 25.9 Å². The van der Waals surface area contributed by atoms with E-state index in [-0.39, 0.29) is 0 Å². The van der Waals surface area contributed by atoms with Gasteiger partial charge >= 0.3 is 6.01 Å². The minimum absolute atomic E-state index is 0.315. The first-order chi connectivity index (χ1) is 7.92. The van der Waals surface area contributed by atoms with E-state index >= 15 is 0 Å². The van der Waals surface area contributed by atoms with Gasteiger partial charge in [-0.05, 0) is 42.9 Å². The van der Waals surface area contributed by atoms with Crippen LogP contribution in [-0.2, 0) is 0 Å². The summed E-state index contributed by atoms with van der Waals surface area (Å²) in [4.78, 5) is 4.27. The Morgan fingerprint density at radius 2 is 2.12 bits per heavy atom. The van der Waals surface area contributed by atoms with Crippen LogP contribution in [0.25, 0.3) is 0 Å². The SMILES string of the molecule is Cc1noc(NC2C3(C)CCC(C3)C2(C)C)n1. The summed E-state index contributed by atoms with van der Waals surface area (Å²) >= 11 is 0. The van der Waals surface area contributed by atoms with Crippen molar-refractivity contribution in [1.29, 1.82) is 0 Å². The highest BCUT2D eigenvalue weighted by Crippen LogP contribution is 2.62. The number of nitrogens with one attached hydrogen (secondary N) is 1. The van der Waals surface area contributed by atoms with Crippen LogP contribution < -0.4 is 5.32 Å². The van der Waals surface area contributed by atoms with Gasteiger partial charge < -0.3 is 9.84 Å². The molecular formula is C13H21N3O. The molecule has 0 spiro atoms. The number of hydrogen-bond donors (Lipinski definition) is 1. The molecule has 0 radical (unpaired) electrons. The highest BCUT2D eigenvalue weighted by molar-refractivity contribution is 5.28. The van der Waals surface area contributed by atoms with E-state index in [1.54, 1.807) is 0 Å². The third kappa shape index (κ3) is 1.49. The molecule has 1 heterocycles. The van der Waals surface area contributed by atoms with Gasteiger partial charge in [-0.25, -0.2) is 0 Å². The maximum atomic E-state index is 5.20. The van der Waals surface area contributed by atoms with Gasteiger partial charge in [0.05, 0.1) is 0 Å². The Kier molecular flexibility index (Phi) is 2.11. The highest BCUT2D eigenvalue weighted by atomic mass is 16.5. The Labute approximate surface area is 102 Å². The topological polar surface area (TPSA) is 51.0 Å². The van der Waals surface area contributed by atoms with Crippen molar-refractivity contribution in [2.75, 3.05) is 5.32 Å². The second-order valence-corrected chi connectivity index (χ2v) is 6.64. The summed E-state index contributed by atoms with van der Waals surface area (Å²) in [5.41, 5.74) is 0.700. The van der Waals surface area contributed by atoms with Crippen molar-refractivity contribution in [1.82, 2.24) is 10.1 Å². The predicted octanol–water partition coefficient (Wildman–Crippen LogP) is 3.00. The average molecular weight is 235 g/mol. The minimum atomic E-state index is 0.315. The van der Waals surface area contributed by atoms with E-state index in [0.717, 1.165) is 5.92 Å². The van der Waals surface area contributed by atoms with Gasteiger partial charge in [0, 0.05) is 6.04 Å². The minimum Gasteiger partial charge on any atom is -0.334 e. The Balaban J connectivity index is 1.87. The van der Waals surface area contributed by atoms with Crippen molar-refractivity contribution in [2.45, 2.75) is 53.0 Å². The molecule has 4 nitrogen and oxygen atoms in total. The van der Waals surface area contributed by atoms with Crippen LogP contribution in [0.15, 0.2) is 4.52 Å². The molecule has 0 amide bonds. The number of hydrogen-bond acceptors (Lipinski definition) is 4. The standard InChI is InChI=1S/C13H21N3O/c1-8-14-11(17-16-8)15-10-12(2,3)9-5-6-13(10,4)7-9/h9-10H,5-7H2,1-4H3,(H,14,15,16). The summed E-state index contributed by atoms with van der Waals surface area (Å²) in [5, 5.41) is 7.33. The monoisotopic (exact) mass is 235 g/mol. The van der Waals surface area contributed by atoms with Crippen molar-refractivity contribution in [3.05, 3.63) is 5.82 Å². The van der Waals surface area contributed by atoms with Gasteiger partial charge in [0.15, 0.2) is 5.82 Å². The van der Waals surface area contributed by atoms with Gasteiger partial charge in [-0.2, -0.15) is 4.98 Å². The van der Waals surface area contributed by atoms with E-state index in [0.29, 0.717) is 28.7 Å². The fourth-order valence-electron chi connectivity index (χ4n) is 4.14. The number of fused-ring (bicyclic) bond motifs is 2. The summed E-state index contributed by atoms with van der Waals surface area (Å²) in [7, 11) is 0. The average Bonchev–Trinajstić information content (AvgIpc) is 2.85. The molecule has 0 saturated heterocycles. The molecule has 3 atom stereocenters. The molecule has 2 aliphatic rings. The van der Waals surface area contributed by atoms with E-state index in [9.17, 15) is 0 Å². The van der Waals surface area contributed by atoms with Crippen LogP contribution >= 0.6 is 0 Å². The maximum Gasteiger partial charge on any atom is 0.321 e. The molecule has 2 aliphatic carbocycles. The Bertz CT molecular complexity index is 435. The molecule has 1 aromatic rings. The van der Waals surface area contributed by atoms with Crippen molar-refractivity contribution in [3.63, 3.8) is 0 Å². The molecule has 3 rings (SSSR count). The fraction of sp³-hybridized carbons (Fsp3) is 0.846. The van der Waals surface area contributed by atoms with E-state index in [2.05, 4.69) is 36.2 Å². The van der Waals surface area contributed by atoms with Crippen molar-refractivity contribution < 1.29 is 4.52 Å². The van der Waals surface area contributed by atoms with Crippen molar-refractivity contribution in [2.24, 2.45) is 16.7 Å². The molecular weight excluding hydrogens is 214 g/mol. The van der Waals surface area contributed by atoms with Crippen LogP contribution in [0.1, 0.15) is 45.9 Å². The quantitative estimate of drug-likeness (QED) is 0.856. The molecule has 1 N–H and O–H groups in total. The number of aryl methyl sites for hydroxylation is 1. The molecule has 2 bridgehead atoms. The van der Waals surface area contributed by atoms with Gasteiger partial charge in [-0.15, -0.1) is 0 Å². The van der Waals surface area contributed by atoms with E-state index in [1.807, 2.05) is 6.92 Å². The van der Waals surface area contributed by atoms with E-state index in [4.69, 9.17) is 4.52 Å². The molecule has 17 heavy (non-hydrogen) atoms. The molecule has 94 valence electrons. The lowest BCUT2D eigenvalue weighted by Gasteiger charge is -2.42. The zero-order chi connectivity index (χ0) is 12.3. The second-order valence-electron chi connectivity index (χ2n) is 6.64. The summed E-state index contributed by atoms with van der Waals surface area (Å²) in [6.07, 6.45) is 4.00. The molecule has 4 heteroatoms. The van der Waals surface area contributed by atoms with Crippen LogP contribution in [0.5, 0.6) is 0 Å². The molecule has 0 aliphatic heterocycles. The normalized spacial score (nSPS) is 38.6. The molecule has 0 aromatic carbocycles. The molecule has 1 aromatic heterocycles. The van der Waals surface area contributed by atoms with Crippen LogP contribution in [0.3, 0.4) is 0 Å². The van der Waals surface area contributed by atoms with Gasteiger partial charge in [-0.3, -0.25) is 0 Å².